The van der Waals surface area contributed by atoms with Crippen LogP contribution in [0.25, 0.3) is 0 Å². The van der Waals surface area contributed by atoms with Crippen LogP contribution < -0.4 is 4.74 Å². The standard InChI is InChI=1S/C13H14Cl5NO3/c14-10-6-9(20)7-11(15)12(10)21-5-3-1-2-4-19-22-8-13(16,17)18/h4,6-7,20H,1-3,5,8H2/b19-4+. The third-order valence-corrected chi connectivity index (χ3v) is 3.22. The molecule has 0 atom stereocenters. The van der Waals surface area contributed by atoms with Crippen LogP contribution in [-0.4, -0.2) is 28.3 Å². The predicted molar refractivity (Wildman–Crippen MR) is 92.2 cm³/mol. The first-order chi connectivity index (χ1) is 10.3. The van der Waals surface area contributed by atoms with Crippen LogP contribution in [0, 0.1) is 0 Å². The zero-order chi connectivity index (χ0) is 16.6. The first kappa shape index (κ1) is 19.8. The Hall–Kier alpha value is -0.260. The zero-order valence-corrected chi connectivity index (χ0v) is 15.1. The molecule has 1 aromatic carbocycles. The molecule has 1 rings (SSSR count). The van der Waals surface area contributed by atoms with Crippen molar-refractivity contribution in [3.8, 4) is 11.5 Å². The van der Waals surface area contributed by atoms with E-state index in [4.69, 9.17) is 67.6 Å². The molecule has 0 aliphatic carbocycles. The average molecular weight is 410 g/mol. The van der Waals surface area contributed by atoms with Crippen molar-refractivity contribution < 1.29 is 14.7 Å². The Balaban J connectivity index is 2.18. The third-order valence-electron chi connectivity index (χ3n) is 2.33. The van der Waals surface area contributed by atoms with Gasteiger partial charge >= 0.3 is 0 Å². The van der Waals surface area contributed by atoms with Gasteiger partial charge in [-0.05, 0) is 19.3 Å². The van der Waals surface area contributed by atoms with Crippen LogP contribution in [0.2, 0.25) is 10.0 Å². The topological polar surface area (TPSA) is 51.0 Å². The summed E-state index contributed by atoms with van der Waals surface area (Å²) in [6.45, 7) is 0.336. The molecule has 0 radical (unpaired) electrons. The molecule has 0 bridgehead atoms. The quantitative estimate of drug-likeness (QED) is 0.262. The van der Waals surface area contributed by atoms with Gasteiger partial charge in [-0.1, -0.05) is 63.2 Å². The number of hydrogen-bond donors (Lipinski definition) is 1. The maximum absolute atomic E-state index is 9.31. The summed E-state index contributed by atoms with van der Waals surface area (Å²) in [6, 6.07) is 2.74. The number of hydrogen-bond acceptors (Lipinski definition) is 4. The highest BCUT2D eigenvalue weighted by Crippen LogP contribution is 2.36. The summed E-state index contributed by atoms with van der Waals surface area (Å²) in [5.74, 6) is 0.356. The summed E-state index contributed by atoms with van der Waals surface area (Å²) in [4.78, 5) is 4.80. The van der Waals surface area contributed by atoms with E-state index in [0.29, 0.717) is 18.8 Å². The van der Waals surface area contributed by atoms with E-state index in [1.807, 2.05) is 0 Å². The van der Waals surface area contributed by atoms with Gasteiger partial charge in [0.05, 0.1) is 16.7 Å². The van der Waals surface area contributed by atoms with Crippen molar-refractivity contribution in [2.75, 3.05) is 13.2 Å². The highest BCUT2D eigenvalue weighted by atomic mass is 35.6. The van der Waals surface area contributed by atoms with Crippen LogP contribution in [0.1, 0.15) is 19.3 Å². The Bertz CT molecular complexity index is 482. The summed E-state index contributed by atoms with van der Waals surface area (Å²) < 4.78 is 4.03. The lowest BCUT2D eigenvalue weighted by Gasteiger charge is -2.10. The average Bonchev–Trinajstić information content (AvgIpc) is 2.37. The molecule has 0 saturated heterocycles. The second kappa shape index (κ2) is 9.78. The maximum Gasteiger partial charge on any atom is 0.226 e. The largest absolute Gasteiger partial charge is 0.508 e. The number of halogens is 5. The normalized spacial score (nSPS) is 11.9. The lowest BCUT2D eigenvalue weighted by atomic mass is 10.2. The second-order valence-electron chi connectivity index (χ2n) is 4.26. The van der Waals surface area contributed by atoms with E-state index in [2.05, 4.69) is 5.16 Å². The van der Waals surface area contributed by atoms with Crippen LogP contribution in [0.5, 0.6) is 11.5 Å². The number of aromatic hydroxyl groups is 1. The summed E-state index contributed by atoms with van der Waals surface area (Å²) in [5.41, 5.74) is 0. The first-order valence-electron chi connectivity index (χ1n) is 6.31. The van der Waals surface area contributed by atoms with Crippen LogP contribution in [0.3, 0.4) is 0 Å². The molecule has 0 fully saturated rings. The summed E-state index contributed by atoms with van der Waals surface area (Å²) in [6.07, 6.45) is 3.88. The van der Waals surface area contributed by atoms with Crippen molar-refractivity contribution in [2.24, 2.45) is 5.16 Å². The predicted octanol–water partition coefficient (Wildman–Crippen LogP) is 5.62. The maximum atomic E-state index is 9.31. The van der Waals surface area contributed by atoms with Crippen LogP contribution in [0.15, 0.2) is 17.3 Å². The van der Waals surface area contributed by atoms with Gasteiger partial charge in [0, 0.05) is 18.3 Å². The molecule has 0 amide bonds. The van der Waals surface area contributed by atoms with Gasteiger partial charge in [0.25, 0.3) is 0 Å². The Labute approximate surface area is 153 Å². The number of benzene rings is 1. The van der Waals surface area contributed by atoms with Crippen molar-refractivity contribution in [1.29, 1.82) is 0 Å². The van der Waals surface area contributed by atoms with Crippen molar-refractivity contribution in [3.63, 3.8) is 0 Å². The molecule has 0 aliphatic rings. The fourth-order valence-corrected chi connectivity index (χ4v) is 2.14. The van der Waals surface area contributed by atoms with E-state index in [1.165, 1.54) is 12.1 Å². The highest BCUT2D eigenvalue weighted by Gasteiger charge is 2.20. The smallest absolute Gasteiger partial charge is 0.226 e. The molecule has 124 valence electrons. The number of alkyl halides is 3. The summed E-state index contributed by atoms with van der Waals surface area (Å²) in [7, 11) is 0. The molecule has 9 heteroatoms. The van der Waals surface area contributed by atoms with Crippen LogP contribution >= 0.6 is 58.0 Å². The van der Waals surface area contributed by atoms with Gasteiger partial charge in [-0.25, -0.2) is 0 Å². The van der Waals surface area contributed by atoms with E-state index >= 15 is 0 Å². The van der Waals surface area contributed by atoms with Gasteiger partial charge in [0.2, 0.25) is 3.79 Å². The molecular formula is C13H14Cl5NO3. The van der Waals surface area contributed by atoms with E-state index in [9.17, 15) is 5.11 Å². The van der Waals surface area contributed by atoms with E-state index in [0.717, 1.165) is 12.8 Å². The Morgan fingerprint density at radius 1 is 1.14 bits per heavy atom. The monoisotopic (exact) mass is 407 g/mol. The van der Waals surface area contributed by atoms with Crippen LogP contribution in [-0.2, 0) is 4.84 Å². The Morgan fingerprint density at radius 3 is 2.36 bits per heavy atom. The number of phenols is 1. The third kappa shape index (κ3) is 8.39. The number of phenolic OH excluding ortho intramolecular Hbond substituents is 1. The highest BCUT2D eigenvalue weighted by molar-refractivity contribution is 6.67. The van der Waals surface area contributed by atoms with E-state index in [-0.39, 0.29) is 22.4 Å². The second-order valence-corrected chi connectivity index (χ2v) is 7.59. The SMILES string of the molecule is Oc1cc(Cl)c(OCCCC/C=N/OCC(Cl)(Cl)Cl)c(Cl)c1. The number of oxime groups is 1. The molecule has 0 aromatic heterocycles. The molecule has 0 unspecified atom stereocenters. The molecule has 22 heavy (non-hydrogen) atoms. The van der Waals surface area contributed by atoms with Gasteiger partial charge in [0.15, 0.2) is 12.4 Å². The van der Waals surface area contributed by atoms with E-state index in [1.54, 1.807) is 6.21 Å². The molecule has 0 aliphatic heterocycles. The summed E-state index contributed by atoms with van der Waals surface area (Å²) in [5, 5.41) is 13.5. The van der Waals surface area contributed by atoms with Crippen molar-refractivity contribution >= 4 is 64.2 Å². The Morgan fingerprint density at radius 2 is 1.77 bits per heavy atom. The van der Waals surface area contributed by atoms with Gasteiger partial charge in [-0.2, -0.15) is 0 Å². The zero-order valence-electron chi connectivity index (χ0n) is 11.4. The van der Waals surface area contributed by atoms with Gasteiger partial charge in [0.1, 0.15) is 5.75 Å². The molecule has 1 aromatic rings. The van der Waals surface area contributed by atoms with Crippen molar-refractivity contribution in [3.05, 3.63) is 22.2 Å². The minimum absolute atomic E-state index is 0.00609. The number of unbranched alkanes of at least 4 members (excludes halogenated alkanes) is 2. The lowest BCUT2D eigenvalue weighted by Crippen LogP contribution is -2.10. The molecule has 4 nitrogen and oxygen atoms in total. The molecule has 1 N–H and O–H groups in total. The Kier molecular flexibility index (Phi) is 8.80. The first-order valence-corrected chi connectivity index (χ1v) is 8.20. The lowest BCUT2D eigenvalue weighted by molar-refractivity contribution is 0.150. The van der Waals surface area contributed by atoms with Gasteiger partial charge in [-0.3, -0.25) is 0 Å². The molecule has 0 spiro atoms. The van der Waals surface area contributed by atoms with Gasteiger partial charge < -0.3 is 14.7 Å². The minimum atomic E-state index is -1.46. The van der Waals surface area contributed by atoms with Crippen LogP contribution in [0.4, 0.5) is 0 Å². The minimum Gasteiger partial charge on any atom is -0.508 e. The molecule has 0 saturated carbocycles. The molecule has 0 heterocycles. The van der Waals surface area contributed by atoms with Crippen molar-refractivity contribution in [2.45, 2.75) is 23.1 Å². The fourth-order valence-electron chi connectivity index (χ4n) is 1.41. The van der Waals surface area contributed by atoms with Crippen molar-refractivity contribution in [1.82, 2.24) is 0 Å². The van der Waals surface area contributed by atoms with E-state index < -0.39 is 3.79 Å². The fraction of sp³-hybridized carbons (Fsp3) is 0.462. The number of rotatable bonds is 8. The summed E-state index contributed by atoms with van der Waals surface area (Å²) >= 11 is 28.3. The molecular weight excluding hydrogens is 395 g/mol. The number of ether oxygens (including phenoxy) is 1. The number of nitrogens with zero attached hydrogens (tertiary/aromatic N) is 1. The van der Waals surface area contributed by atoms with Gasteiger partial charge in [-0.15, -0.1) is 0 Å².